The number of hydrogen-bond donors (Lipinski definition) is 1. The van der Waals surface area contributed by atoms with E-state index in [4.69, 9.17) is 4.74 Å². The fourth-order valence-corrected chi connectivity index (χ4v) is 2.42. The molecule has 2 heterocycles. The molecule has 0 amide bonds. The van der Waals surface area contributed by atoms with Gasteiger partial charge in [-0.2, -0.15) is 4.98 Å². The molecule has 1 saturated heterocycles. The van der Waals surface area contributed by atoms with E-state index in [1.54, 1.807) is 0 Å². The summed E-state index contributed by atoms with van der Waals surface area (Å²) in [6, 6.07) is 2.03. The summed E-state index contributed by atoms with van der Waals surface area (Å²) in [7, 11) is 2.09. The van der Waals surface area contributed by atoms with Gasteiger partial charge >= 0.3 is 0 Å². The molecule has 1 aromatic heterocycles. The number of aromatic nitrogens is 2. The number of aryl methyl sites for hydroxylation is 1. The number of anilines is 2. The molecule has 1 N–H and O–H groups in total. The second-order valence-corrected chi connectivity index (χ2v) is 5.19. The molecule has 1 atom stereocenters. The minimum Gasteiger partial charge on any atom is -0.381 e. The van der Waals surface area contributed by atoms with E-state index in [9.17, 15) is 0 Å². The second-order valence-electron chi connectivity index (χ2n) is 5.19. The van der Waals surface area contributed by atoms with Crippen LogP contribution in [0.25, 0.3) is 0 Å². The van der Waals surface area contributed by atoms with Crippen LogP contribution in [0, 0.1) is 12.8 Å². The van der Waals surface area contributed by atoms with E-state index >= 15 is 0 Å². The van der Waals surface area contributed by atoms with Crippen molar-refractivity contribution in [3.63, 3.8) is 0 Å². The van der Waals surface area contributed by atoms with Crippen molar-refractivity contribution in [1.29, 1.82) is 0 Å². The van der Waals surface area contributed by atoms with Gasteiger partial charge in [0, 0.05) is 38.5 Å². The lowest BCUT2D eigenvalue weighted by Crippen LogP contribution is -2.31. The average Bonchev–Trinajstić information content (AvgIpc) is 2.39. The van der Waals surface area contributed by atoms with Crippen molar-refractivity contribution in [2.24, 2.45) is 5.92 Å². The van der Waals surface area contributed by atoms with Gasteiger partial charge in [-0.15, -0.1) is 0 Å². The van der Waals surface area contributed by atoms with Crippen molar-refractivity contribution >= 4 is 11.8 Å². The molecule has 0 bridgehead atoms. The lowest BCUT2D eigenvalue weighted by Gasteiger charge is -2.28. The highest BCUT2D eigenvalue weighted by molar-refractivity contribution is 5.44. The monoisotopic (exact) mass is 264 g/mol. The quantitative estimate of drug-likeness (QED) is 0.882. The maximum absolute atomic E-state index is 5.53. The van der Waals surface area contributed by atoms with Crippen molar-refractivity contribution in [3.8, 4) is 0 Å². The number of ether oxygens (including phenoxy) is 1. The summed E-state index contributed by atoms with van der Waals surface area (Å²) in [5.74, 6) is 2.30. The van der Waals surface area contributed by atoms with Crippen molar-refractivity contribution in [2.75, 3.05) is 43.6 Å². The van der Waals surface area contributed by atoms with Crippen molar-refractivity contribution in [1.82, 2.24) is 9.97 Å². The molecule has 1 aliphatic heterocycles. The predicted molar refractivity (Wildman–Crippen MR) is 77.7 cm³/mol. The van der Waals surface area contributed by atoms with Gasteiger partial charge in [-0.25, -0.2) is 4.98 Å². The third-order valence-electron chi connectivity index (χ3n) is 3.35. The van der Waals surface area contributed by atoms with Gasteiger partial charge in [0.1, 0.15) is 5.82 Å². The Morgan fingerprint density at radius 3 is 3.00 bits per heavy atom. The molecule has 1 aliphatic rings. The van der Waals surface area contributed by atoms with Crippen molar-refractivity contribution < 1.29 is 4.74 Å². The summed E-state index contributed by atoms with van der Waals surface area (Å²) in [5, 5.41) is 3.17. The molecule has 19 heavy (non-hydrogen) atoms. The predicted octanol–water partition coefficient (Wildman–Crippen LogP) is 2.08. The van der Waals surface area contributed by atoms with E-state index in [-0.39, 0.29) is 0 Å². The molecule has 2 rings (SSSR count). The Morgan fingerprint density at radius 2 is 2.32 bits per heavy atom. The van der Waals surface area contributed by atoms with E-state index in [0.717, 1.165) is 37.8 Å². The zero-order valence-electron chi connectivity index (χ0n) is 12.1. The zero-order valence-corrected chi connectivity index (χ0v) is 12.1. The van der Waals surface area contributed by atoms with Crippen LogP contribution in [0.2, 0.25) is 0 Å². The number of nitrogens with one attached hydrogen (secondary N) is 1. The average molecular weight is 264 g/mol. The lowest BCUT2D eigenvalue weighted by molar-refractivity contribution is 0.0576. The molecule has 0 aromatic carbocycles. The van der Waals surface area contributed by atoms with Gasteiger partial charge in [0.05, 0.1) is 6.61 Å². The van der Waals surface area contributed by atoms with Crippen LogP contribution in [-0.2, 0) is 4.74 Å². The van der Waals surface area contributed by atoms with Gasteiger partial charge < -0.3 is 15.0 Å². The molecule has 5 heteroatoms. The maximum atomic E-state index is 5.53. The van der Waals surface area contributed by atoms with E-state index < -0.39 is 0 Å². The third-order valence-corrected chi connectivity index (χ3v) is 3.35. The van der Waals surface area contributed by atoms with Crippen LogP contribution >= 0.6 is 0 Å². The van der Waals surface area contributed by atoms with Gasteiger partial charge in [0.25, 0.3) is 0 Å². The van der Waals surface area contributed by atoms with Crippen molar-refractivity contribution in [3.05, 3.63) is 11.8 Å². The first kappa shape index (κ1) is 14.1. The summed E-state index contributed by atoms with van der Waals surface area (Å²) in [6.07, 6.45) is 2.42. The first-order chi connectivity index (χ1) is 9.19. The number of nitrogens with zero attached hydrogens (tertiary/aromatic N) is 3. The molecule has 1 fully saturated rings. The molecule has 5 nitrogen and oxygen atoms in total. The highest BCUT2D eigenvalue weighted by Crippen LogP contribution is 2.19. The molecule has 106 valence electrons. The van der Waals surface area contributed by atoms with Crippen LogP contribution in [0.3, 0.4) is 0 Å². The summed E-state index contributed by atoms with van der Waals surface area (Å²) < 4.78 is 5.53. The molecule has 0 spiro atoms. The normalized spacial score (nSPS) is 19.2. The zero-order chi connectivity index (χ0) is 13.7. The Balaban J connectivity index is 2.02. The number of rotatable bonds is 5. The van der Waals surface area contributed by atoms with Crippen molar-refractivity contribution in [2.45, 2.75) is 26.7 Å². The SMILES string of the molecule is CCNc1nc(C)cc(N(C)CC2CCCOC2)n1. The van der Waals surface area contributed by atoms with Gasteiger partial charge in [0.15, 0.2) is 0 Å². The van der Waals surface area contributed by atoms with E-state index in [2.05, 4.69) is 34.2 Å². The van der Waals surface area contributed by atoms with Gasteiger partial charge in [0.2, 0.25) is 5.95 Å². The lowest BCUT2D eigenvalue weighted by atomic mass is 10.0. The number of hydrogen-bond acceptors (Lipinski definition) is 5. The van der Waals surface area contributed by atoms with Crippen LogP contribution in [0.5, 0.6) is 0 Å². The molecule has 0 aliphatic carbocycles. The van der Waals surface area contributed by atoms with Gasteiger partial charge in [-0.3, -0.25) is 0 Å². The molecular formula is C14H24N4O. The Hall–Kier alpha value is -1.36. The van der Waals surface area contributed by atoms with Gasteiger partial charge in [-0.05, 0) is 32.6 Å². The Labute approximate surface area is 115 Å². The van der Waals surface area contributed by atoms with E-state index in [1.807, 2.05) is 13.0 Å². The van der Waals surface area contributed by atoms with Crippen LogP contribution in [0.4, 0.5) is 11.8 Å². The molecular weight excluding hydrogens is 240 g/mol. The standard InChI is InChI=1S/C14H24N4O/c1-4-15-14-16-11(2)8-13(17-14)18(3)9-12-6-5-7-19-10-12/h8,12H,4-7,9-10H2,1-3H3,(H,15,16,17). The summed E-state index contributed by atoms with van der Waals surface area (Å²) >= 11 is 0. The maximum Gasteiger partial charge on any atom is 0.224 e. The fraction of sp³-hybridized carbons (Fsp3) is 0.714. The first-order valence-electron chi connectivity index (χ1n) is 7.07. The largest absolute Gasteiger partial charge is 0.381 e. The summed E-state index contributed by atoms with van der Waals surface area (Å²) in [4.78, 5) is 11.1. The van der Waals surface area contributed by atoms with Gasteiger partial charge in [-0.1, -0.05) is 0 Å². The van der Waals surface area contributed by atoms with E-state index in [0.29, 0.717) is 11.9 Å². The third kappa shape index (κ3) is 4.06. The van der Waals surface area contributed by atoms with Crippen LogP contribution in [-0.4, -0.2) is 43.3 Å². The topological polar surface area (TPSA) is 50.3 Å². The minimum atomic E-state index is 0.608. The van der Waals surface area contributed by atoms with Crippen LogP contribution < -0.4 is 10.2 Å². The first-order valence-corrected chi connectivity index (χ1v) is 7.07. The van der Waals surface area contributed by atoms with Crippen LogP contribution in [0.1, 0.15) is 25.5 Å². The second kappa shape index (κ2) is 6.70. The minimum absolute atomic E-state index is 0.608. The van der Waals surface area contributed by atoms with E-state index in [1.165, 1.54) is 12.8 Å². The molecule has 1 unspecified atom stereocenters. The highest BCUT2D eigenvalue weighted by atomic mass is 16.5. The Bertz CT molecular complexity index is 404. The molecule has 0 radical (unpaired) electrons. The molecule has 0 saturated carbocycles. The highest BCUT2D eigenvalue weighted by Gasteiger charge is 2.17. The summed E-state index contributed by atoms with van der Waals surface area (Å²) in [6.45, 7) is 7.66. The fourth-order valence-electron chi connectivity index (χ4n) is 2.42. The summed E-state index contributed by atoms with van der Waals surface area (Å²) in [5.41, 5.74) is 0.993. The smallest absolute Gasteiger partial charge is 0.224 e. The van der Waals surface area contributed by atoms with Crippen LogP contribution in [0.15, 0.2) is 6.07 Å². The Morgan fingerprint density at radius 1 is 1.47 bits per heavy atom. The Kier molecular flexibility index (Phi) is 4.96. The molecule has 1 aromatic rings.